The van der Waals surface area contributed by atoms with Gasteiger partial charge in [-0.1, -0.05) is 30.3 Å². The molecular formula is C21H29N5O. The Bertz CT molecular complexity index is 798. The molecule has 1 aromatic carbocycles. The predicted molar refractivity (Wildman–Crippen MR) is 108 cm³/mol. The zero-order valence-corrected chi connectivity index (χ0v) is 16.5. The van der Waals surface area contributed by atoms with Crippen LogP contribution < -0.4 is 5.73 Å². The van der Waals surface area contributed by atoms with Crippen LogP contribution in [0.1, 0.15) is 19.4 Å². The summed E-state index contributed by atoms with van der Waals surface area (Å²) >= 11 is 0. The molecule has 1 atom stereocenters. The molecule has 2 N–H and O–H groups in total. The van der Waals surface area contributed by atoms with Crippen LogP contribution in [0.5, 0.6) is 0 Å². The molecule has 6 nitrogen and oxygen atoms in total. The van der Waals surface area contributed by atoms with E-state index in [1.807, 2.05) is 11.0 Å². The van der Waals surface area contributed by atoms with Gasteiger partial charge in [0.1, 0.15) is 5.84 Å². The molecule has 144 valence electrons. The zero-order valence-electron chi connectivity index (χ0n) is 16.5. The summed E-state index contributed by atoms with van der Waals surface area (Å²) in [6.07, 6.45) is 0.877. The Kier molecular flexibility index (Phi) is 4.46. The summed E-state index contributed by atoms with van der Waals surface area (Å²) in [4.78, 5) is 24.3. The number of aliphatic imine (C=N–C) groups is 1. The topological polar surface area (TPSA) is 65.2 Å². The van der Waals surface area contributed by atoms with Gasteiger partial charge in [-0.3, -0.25) is 4.99 Å². The summed E-state index contributed by atoms with van der Waals surface area (Å²) in [7, 11) is 2.13. The fraction of sp³-hybridized carbons (Fsp3) is 0.524. The molecule has 6 heteroatoms. The molecule has 3 aliphatic rings. The normalized spacial score (nSPS) is 25.0. The molecule has 2 amide bonds. The lowest BCUT2D eigenvalue weighted by Gasteiger charge is -2.45. The van der Waals surface area contributed by atoms with E-state index >= 15 is 0 Å². The molecule has 1 saturated heterocycles. The molecule has 1 fully saturated rings. The lowest BCUT2D eigenvalue weighted by molar-refractivity contribution is 0.0737. The predicted octanol–water partition coefficient (Wildman–Crippen LogP) is 1.73. The molecule has 1 aromatic rings. The average Bonchev–Trinajstić information content (AvgIpc) is 3.13. The zero-order chi connectivity index (χ0) is 19.2. The maximum Gasteiger partial charge on any atom is 0.321 e. The van der Waals surface area contributed by atoms with Gasteiger partial charge in [-0.15, -0.1) is 0 Å². The van der Waals surface area contributed by atoms with Crippen molar-refractivity contribution in [2.75, 3.05) is 39.8 Å². The van der Waals surface area contributed by atoms with Crippen LogP contribution in [0.2, 0.25) is 0 Å². The van der Waals surface area contributed by atoms with Crippen LogP contribution in [0.3, 0.4) is 0 Å². The summed E-state index contributed by atoms with van der Waals surface area (Å²) < 4.78 is 0. The Morgan fingerprint density at radius 3 is 2.70 bits per heavy atom. The standard InChI is InChI=1S/C21H29N5O/c1-21(2)18-12-23-19(22)17(18)14-26(21)20(27)25-10-9-24(3)13-16(25)11-15-7-5-4-6-8-15/h4-8,16H,9-14H2,1-3H3,(H2,22,23)/t16-/m0/s1. The lowest BCUT2D eigenvalue weighted by atomic mass is 9.94. The van der Waals surface area contributed by atoms with E-state index < -0.39 is 0 Å². The van der Waals surface area contributed by atoms with Crippen molar-refractivity contribution in [1.82, 2.24) is 14.7 Å². The van der Waals surface area contributed by atoms with Gasteiger partial charge in [-0.2, -0.15) is 0 Å². The Morgan fingerprint density at radius 1 is 1.26 bits per heavy atom. The molecule has 0 saturated carbocycles. The molecule has 0 spiro atoms. The average molecular weight is 367 g/mol. The van der Waals surface area contributed by atoms with Crippen molar-refractivity contribution in [1.29, 1.82) is 0 Å². The highest BCUT2D eigenvalue weighted by Gasteiger charge is 2.47. The van der Waals surface area contributed by atoms with Gasteiger partial charge in [0.05, 0.1) is 24.7 Å². The summed E-state index contributed by atoms with van der Waals surface area (Å²) in [6.45, 7) is 7.98. The Balaban J connectivity index is 1.55. The minimum absolute atomic E-state index is 0.122. The van der Waals surface area contributed by atoms with Crippen molar-refractivity contribution in [3.05, 3.63) is 47.0 Å². The van der Waals surface area contributed by atoms with Crippen molar-refractivity contribution >= 4 is 11.9 Å². The number of piperazine rings is 1. The molecule has 4 rings (SSSR count). The van der Waals surface area contributed by atoms with E-state index in [0.29, 0.717) is 18.9 Å². The minimum atomic E-state index is -0.336. The summed E-state index contributed by atoms with van der Waals surface area (Å²) in [5.74, 6) is 0.604. The quantitative estimate of drug-likeness (QED) is 0.866. The third-order valence-electron chi connectivity index (χ3n) is 6.29. The Hall–Kier alpha value is -2.34. The number of likely N-dealkylation sites (N-methyl/N-ethyl adjacent to an activating group) is 1. The molecule has 0 aromatic heterocycles. The number of nitrogens with two attached hydrogens (primary N) is 1. The highest BCUT2D eigenvalue weighted by molar-refractivity contribution is 6.02. The summed E-state index contributed by atoms with van der Waals surface area (Å²) in [6, 6.07) is 10.7. The number of carbonyl (C=O) groups excluding carboxylic acids is 1. The van der Waals surface area contributed by atoms with E-state index in [1.165, 1.54) is 11.1 Å². The van der Waals surface area contributed by atoms with Gasteiger partial charge in [0, 0.05) is 25.2 Å². The number of nitrogens with zero attached hydrogens (tertiary/aromatic N) is 4. The molecule has 0 aliphatic carbocycles. The van der Waals surface area contributed by atoms with Crippen LogP contribution in [-0.4, -0.2) is 77.9 Å². The molecular weight excluding hydrogens is 338 g/mol. The number of amidine groups is 1. The van der Waals surface area contributed by atoms with E-state index in [0.717, 1.165) is 31.6 Å². The second kappa shape index (κ2) is 6.68. The van der Waals surface area contributed by atoms with Crippen LogP contribution in [-0.2, 0) is 6.42 Å². The van der Waals surface area contributed by atoms with Gasteiger partial charge < -0.3 is 20.4 Å². The van der Waals surface area contributed by atoms with Crippen LogP contribution in [0.25, 0.3) is 0 Å². The smallest absolute Gasteiger partial charge is 0.321 e. The summed E-state index contributed by atoms with van der Waals surface area (Å²) in [5, 5.41) is 0. The van der Waals surface area contributed by atoms with Crippen molar-refractivity contribution in [3.8, 4) is 0 Å². The van der Waals surface area contributed by atoms with E-state index in [-0.39, 0.29) is 17.6 Å². The van der Waals surface area contributed by atoms with Gasteiger partial charge in [0.2, 0.25) is 0 Å². The van der Waals surface area contributed by atoms with Crippen molar-refractivity contribution in [3.63, 3.8) is 0 Å². The first kappa shape index (κ1) is 18.0. The third-order valence-corrected chi connectivity index (χ3v) is 6.29. The number of rotatable bonds is 2. The monoisotopic (exact) mass is 367 g/mol. The van der Waals surface area contributed by atoms with Gasteiger partial charge in [-0.25, -0.2) is 4.79 Å². The molecule has 27 heavy (non-hydrogen) atoms. The van der Waals surface area contributed by atoms with Crippen molar-refractivity contribution < 1.29 is 4.79 Å². The van der Waals surface area contributed by atoms with Gasteiger partial charge >= 0.3 is 6.03 Å². The maximum absolute atomic E-state index is 13.6. The molecule has 3 heterocycles. The molecule has 0 bridgehead atoms. The second-order valence-corrected chi connectivity index (χ2v) is 8.39. The fourth-order valence-electron chi connectivity index (χ4n) is 4.55. The molecule has 0 radical (unpaired) electrons. The van der Waals surface area contributed by atoms with Crippen molar-refractivity contribution in [2.24, 2.45) is 10.7 Å². The van der Waals surface area contributed by atoms with Crippen molar-refractivity contribution in [2.45, 2.75) is 31.8 Å². The van der Waals surface area contributed by atoms with E-state index in [2.05, 4.69) is 60.0 Å². The van der Waals surface area contributed by atoms with Gasteiger partial charge in [0.25, 0.3) is 0 Å². The van der Waals surface area contributed by atoms with Crippen LogP contribution in [0, 0.1) is 0 Å². The molecule has 3 aliphatic heterocycles. The second-order valence-electron chi connectivity index (χ2n) is 8.39. The first-order valence-corrected chi connectivity index (χ1v) is 9.71. The number of amides is 2. The molecule has 0 unspecified atom stereocenters. The number of hydrogen-bond donors (Lipinski definition) is 1. The first-order chi connectivity index (χ1) is 12.9. The van der Waals surface area contributed by atoms with E-state index in [9.17, 15) is 4.79 Å². The van der Waals surface area contributed by atoms with Crippen LogP contribution in [0.4, 0.5) is 4.79 Å². The number of carbonyl (C=O) groups is 1. The number of benzene rings is 1. The third kappa shape index (κ3) is 3.12. The number of urea groups is 1. The van der Waals surface area contributed by atoms with E-state index in [1.54, 1.807) is 0 Å². The fourth-order valence-corrected chi connectivity index (χ4v) is 4.55. The SMILES string of the molecule is CN1CCN(C(=O)N2CC3=C(CN=C3N)C2(C)C)[C@@H](Cc2ccccc2)C1. The maximum atomic E-state index is 13.6. The Morgan fingerprint density at radius 2 is 2.00 bits per heavy atom. The Labute approximate surface area is 161 Å². The van der Waals surface area contributed by atoms with E-state index in [4.69, 9.17) is 5.73 Å². The summed E-state index contributed by atoms with van der Waals surface area (Å²) in [5.41, 5.74) is 9.25. The van der Waals surface area contributed by atoms with Gasteiger partial charge in [0.15, 0.2) is 0 Å². The number of hydrogen-bond acceptors (Lipinski definition) is 4. The van der Waals surface area contributed by atoms with Crippen LogP contribution >= 0.6 is 0 Å². The largest absolute Gasteiger partial charge is 0.384 e. The van der Waals surface area contributed by atoms with Crippen LogP contribution in [0.15, 0.2) is 46.5 Å². The minimum Gasteiger partial charge on any atom is -0.384 e. The van der Waals surface area contributed by atoms with Gasteiger partial charge in [-0.05, 0) is 38.5 Å². The highest BCUT2D eigenvalue weighted by atomic mass is 16.2. The highest BCUT2D eigenvalue weighted by Crippen LogP contribution is 2.38. The lowest BCUT2D eigenvalue weighted by Crippen LogP contribution is -2.60. The first-order valence-electron chi connectivity index (χ1n) is 9.71.